The molecular weight excluding hydrogens is 862 g/mol. The predicted octanol–water partition coefficient (Wildman–Crippen LogP) is 8.53. The van der Waals surface area contributed by atoms with Gasteiger partial charge in [-0.25, -0.2) is 0 Å². The molecular formula is C46H36B2Br2O8. The van der Waals surface area contributed by atoms with Crippen LogP contribution < -0.4 is 29.9 Å². The molecule has 2 aliphatic rings. The number of fused-ring (bicyclic) bond motifs is 14. The van der Waals surface area contributed by atoms with Crippen molar-refractivity contribution in [1.82, 2.24) is 0 Å². The van der Waals surface area contributed by atoms with Crippen LogP contribution in [-0.4, -0.2) is 60.8 Å². The first-order valence-electron chi connectivity index (χ1n) is 19.1. The van der Waals surface area contributed by atoms with Crippen molar-refractivity contribution in [3.05, 3.63) is 130 Å². The molecule has 12 heteroatoms. The van der Waals surface area contributed by atoms with Crippen LogP contribution in [0.4, 0.5) is 0 Å². The van der Waals surface area contributed by atoms with Crippen LogP contribution in [0.2, 0.25) is 0 Å². The standard InChI is InChI=1S/C23H20B2O6.C23H16Br2O2/c26-24(27)18-12-20-22(16-8-3-1-6-14(16)18)23-17-9-4-2-7-15(17)19(25(28)29)13-21(23)31-11-5-10-30-20;24-18-12-20-22(16-8-3-1-6-14(16)18)23-17-9-4-2-7-15(17)19(25)13-21(23)27-11-5-10-26-20/h1-4,6-9,12-13,26-29H,5,10-11H2;1-4,6-9,12-13H,5,10-11H2. The number of halogens is 2. The van der Waals surface area contributed by atoms with E-state index in [9.17, 15) is 20.1 Å². The van der Waals surface area contributed by atoms with Gasteiger partial charge in [0, 0.05) is 44.0 Å². The second-order valence-electron chi connectivity index (χ2n) is 14.2. The fourth-order valence-corrected chi connectivity index (χ4v) is 9.24. The summed E-state index contributed by atoms with van der Waals surface area (Å²) in [6, 6.07) is 39.3. The van der Waals surface area contributed by atoms with Gasteiger partial charge in [0.05, 0.1) is 26.4 Å². The first-order chi connectivity index (χ1) is 28.3. The quantitative estimate of drug-likeness (QED) is 0.128. The van der Waals surface area contributed by atoms with Crippen molar-refractivity contribution in [2.75, 3.05) is 26.4 Å². The fraction of sp³-hybridized carbons (Fsp3) is 0.130. The minimum absolute atomic E-state index is 0.364. The molecule has 10 rings (SSSR count). The van der Waals surface area contributed by atoms with Gasteiger partial charge in [0.2, 0.25) is 0 Å². The zero-order chi connectivity index (χ0) is 39.9. The number of ether oxygens (including phenoxy) is 4. The highest BCUT2D eigenvalue weighted by Crippen LogP contribution is 2.50. The summed E-state index contributed by atoms with van der Waals surface area (Å²) >= 11 is 7.45. The van der Waals surface area contributed by atoms with E-state index in [2.05, 4.69) is 92.5 Å². The number of rotatable bonds is 2. The predicted molar refractivity (Wildman–Crippen MR) is 240 cm³/mol. The molecule has 288 valence electrons. The molecule has 0 bridgehead atoms. The Morgan fingerprint density at radius 2 is 0.621 bits per heavy atom. The second kappa shape index (κ2) is 16.3. The van der Waals surface area contributed by atoms with Crippen molar-refractivity contribution >= 4 is 100 Å². The smallest absolute Gasteiger partial charge is 0.489 e. The van der Waals surface area contributed by atoms with E-state index >= 15 is 0 Å². The topological polar surface area (TPSA) is 118 Å². The Morgan fingerprint density at radius 1 is 0.362 bits per heavy atom. The van der Waals surface area contributed by atoms with Crippen LogP contribution in [-0.2, 0) is 0 Å². The maximum Gasteiger partial charge on any atom is 0.489 e. The van der Waals surface area contributed by atoms with Crippen LogP contribution in [0.1, 0.15) is 12.8 Å². The van der Waals surface area contributed by atoms with Crippen LogP contribution in [0.25, 0.3) is 65.3 Å². The van der Waals surface area contributed by atoms with Crippen LogP contribution in [0.15, 0.2) is 130 Å². The molecule has 8 aromatic rings. The lowest BCUT2D eigenvalue weighted by atomic mass is 9.73. The lowest BCUT2D eigenvalue weighted by molar-refractivity contribution is 0.252. The molecule has 0 unspecified atom stereocenters. The Kier molecular flexibility index (Phi) is 10.8. The zero-order valence-corrected chi connectivity index (χ0v) is 34.3. The van der Waals surface area contributed by atoms with Gasteiger partial charge in [0.25, 0.3) is 0 Å². The molecule has 0 saturated heterocycles. The number of hydrogen-bond donors (Lipinski definition) is 4. The van der Waals surface area contributed by atoms with E-state index in [1.807, 2.05) is 48.5 Å². The van der Waals surface area contributed by atoms with Gasteiger partial charge >= 0.3 is 14.2 Å². The third-order valence-corrected chi connectivity index (χ3v) is 12.0. The average molecular weight is 898 g/mol. The lowest BCUT2D eigenvalue weighted by Gasteiger charge is -2.21. The van der Waals surface area contributed by atoms with E-state index in [4.69, 9.17) is 18.9 Å². The van der Waals surface area contributed by atoms with Crippen molar-refractivity contribution in [3.63, 3.8) is 0 Å². The summed E-state index contributed by atoms with van der Waals surface area (Å²) in [6.45, 7) is 2.05. The molecule has 0 radical (unpaired) electrons. The van der Waals surface area contributed by atoms with Crippen molar-refractivity contribution in [2.45, 2.75) is 12.8 Å². The monoisotopic (exact) mass is 896 g/mol. The summed E-state index contributed by atoms with van der Waals surface area (Å²) in [7, 11) is -3.29. The van der Waals surface area contributed by atoms with Crippen LogP contribution in [0, 0.1) is 0 Å². The van der Waals surface area contributed by atoms with Crippen molar-refractivity contribution in [1.29, 1.82) is 0 Å². The molecule has 0 atom stereocenters. The molecule has 4 N–H and O–H groups in total. The van der Waals surface area contributed by atoms with Gasteiger partial charge < -0.3 is 39.0 Å². The van der Waals surface area contributed by atoms with E-state index < -0.39 is 14.2 Å². The first-order valence-corrected chi connectivity index (χ1v) is 20.7. The van der Waals surface area contributed by atoms with E-state index in [1.54, 1.807) is 12.1 Å². The molecule has 0 spiro atoms. The SMILES string of the molecule is Brc1cc2c(c3ccccc13)-c1c(cc(Br)c3ccccc13)OCCCO2.OB(O)c1cc2c(c3ccccc13)-c1c(cc(B(O)O)c3ccccc13)OCCCO2. The van der Waals surface area contributed by atoms with Crippen LogP contribution in [0.5, 0.6) is 23.0 Å². The minimum Gasteiger partial charge on any atom is -0.493 e. The molecule has 0 amide bonds. The normalized spacial score (nSPS) is 13.5. The number of benzene rings is 8. The van der Waals surface area contributed by atoms with Gasteiger partial charge in [-0.15, -0.1) is 0 Å². The summed E-state index contributed by atoms with van der Waals surface area (Å²) in [4.78, 5) is 0. The third kappa shape index (κ3) is 6.97. The van der Waals surface area contributed by atoms with Crippen LogP contribution >= 0.6 is 31.9 Å². The van der Waals surface area contributed by atoms with E-state index in [0.29, 0.717) is 66.0 Å². The molecule has 0 saturated carbocycles. The highest BCUT2D eigenvalue weighted by atomic mass is 79.9. The van der Waals surface area contributed by atoms with E-state index in [-0.39, 0.29) is 0 Å². The van der Waals surface area contributed by atoms with Gasteiger partial charge in [0.15, 0.2) is 0 Å². The van der Waals surface area contributed by atoms with Crippen molar-refractivity contribution in [3.8, 4) is 45.3 Å². The Hall–Kier alpha value is -5.07. The lowest BCUT2D eigenvalue weighted by Crippen LogP contribution is -2.31. The first kappa shape index (κ1) is 38.4. The largest absolute Gasteiger partial charge is 0.493 e. The summed E-state index contributed by atoms with van der Waals surface area (Å²) in [6.07, 6.45) is 1.46. The molecule has 2 aliphatic heterocycles. The van der Waals surface area contributed by atoms with Crippen molar-refractivity contribution < 1.29 is 39.0 Å². The van der Waals surface area contributed by atoms with Gasteiger partial charge in [-0.2, -0.15) is 0 Å². The molecule has 8 nitrogen and oxygen atoms in total. The molecule has 2 heterocycles. The highest BCUT2D eigenvalue weighted by molar-refractivity contribution is 9.11. The highest BCUT2D eigenvalue weighted by Gasteiger charge is 2.28. The molecule has 0 aliphatic carbocycles. The second-order valence-corrected chi connectivity index (χ2v) is 15.9. The van der Waals surface area contributed by atoms with Crippen molar-refractivity contribution in [2.24, 2.45) is 0 Å². The summed E-state index contributed by atoms with van der Waals surface area (Å²) in [5.74, 6) is 2.83. The summed E-state index contributed by atoms with van der Waals surface area (Å²) < 4.78 is 26.7. The Balaban J connectivity index is 0.000000152. The van der Waals surface area contributed by atoms with Gasteiger partial charge in [-0.3, -0.25) is 0 Å². The molecule has 58 heavy (non-hydrogen) atoms. The average Bonchev–Trinajstić information content (AvgIpc) is 3.39. The fourth-order valence-electron chi connectivity index (χ4n) is 8.13. The van der Waals surface area contributed by atoms with E-state index in [0.717, 1.165) is 81.4 Å². The number of hydrogen-bond acceptors (Lipinski definition) is 8. The molecule has 0 aromatic heterocycles. The Labute approximate surface area is 352 Å². The maximum absolute atomic E-state index is 9.99. The Morgan fingerprint density at radius 3 is 0.931 bits per heavy atom. The summed E-state index contributed by atoms with van der Waals surface area (Å²) in [5.41, 5.74) is 4.45. The van der Waals surface area contributed by atoms with Gasteiger partial charge in [0.1, 0.15) is 23.0 Å². The maximum atomic E-state index is 9.99. The zero-order valence-electron chi connectivity index (χ0n) is 31.1. The molecule has 8 aromatic carbocycles. The minimum atomic E-state index is -1.65. The third-order valence-electron chi connectivity index (χ3n) is 10.7. The molecule has 0 fully saturated rings. The van der Waals surface area contributed by atoms with Gasteiger partial charge in [-0.1, -0.05) is 129 Å². The Bertz CT molecular complexity index is 2670. The van der Waals surface area contributed by atoms with E-state index in [1.165, 1.54) is 0 Å². The van der Waals surface area contributed by atoms with Crippen LogP contribution in [0.3, 0.4) is 0 Å². The summed E-state index contributed by atoms with van der Waals surface area (Å²) in [5, 5.41) is 47.6. The van der Waals surface area contributed by atoms with Gasteiger partial charge in [-0.05, 0) is 78.3 Å².